The van der Waals surface area contributed by atoms with Crippen molar-refractivity contribution < 1.29 is 9.21 Å². The highest BCUT2D eigenvalue weighted by molar-refractivity contribution is 5.92. The Kier molecular flexibility index (Phi) is 1.83. The monoisotopic (exact) mass is 180 g/mol. The molecular formula is C9H12N2O2. The molecule has 2 rings (SSSR count). The molecule has 0 aliphatic heterocycles. The van der Waals surface area contributed by atoms with E-state index in [1.54, 1.807) is 6.92 Å². The van der Waals surface area contributed by atoms with Crippen LogP contribution in [-0.4, -0.2) is 16.9 Å². The number of aryl methyl sites for hydroxylation is 1. The summed E-state index contributed by atoms with van der Waals surface area (Å²) >= 11 is 0. The largest absolute Gasteiger partial charge is 0.438 e. The number of nitrogens with one attached hydrogen (secondary N) is 1. The molecule has 4 heteroatoms. The van der Waals surface area contributed by atoms with Crippen molar-refractivity contribution in [2.24, 2.45) is 5.92 Å². The fourth-order valence-corrected chi connectivity index (χ4v) is 1.28. The molecule has 0 saturated heterocycles. The fraction of sp³-hybridized carbons (Fsp3) is 0.556. The summed E-state index contributed by atoms with van der Waals surface area (Å²) in [5, 5.41) is 2.87. The maximum absolute atomic E-state index is 11.5. The van der Waals surface area contributed by atoms with Crippen LogP contribution in [0.2, 0.25) is 0 Å². The maximum atomic E-state index is 11.5. The van der Waals surface area contributed by atoms with Crippen molar-refractivity contribution in [3.63, 3.8) is 0 Å². The van der Waals surface area contributed by atoms with Crippen LogP contribution in [0.25, 0.3) is 0 Å². The Morgan fingerprint density at radius 2 is 2.46 bits per heavy atom. The molecule has 1 aromatic heterocycles. The molecule has 1 fully saturated rings. The Hall–Kier alpha value is -1.32. The van der Waals surface area contributed by atoms with E-state index in [0.717, 1.165) is 6.42 Å². The molecule has 4 nitrogen and oxygen atoms in total. The van der Waals surface area contributed by atoms with Crippen LogP contribution in [0.5, 0.6) is 0 Å². The number of aromatic nitrogens is 1. The highest BCUT2D eigenvalue weighted by Crippen LogP contribution is 2.29. The number of rotatable bonds is 2. The first kappa shape index (κ1) is 8.29. The van der Waals surface area contributed by atoms with Gasteiger partial charge in [-0.05, 0) is 19.3 Å². The van der Waals surface area contributed by atoms with E-state index in [9.17, 15) is 4.79 Å². The van der Waals surface area contributed by atoms with Crippen LogP contribution in [0.3, 0.4) is 0 Å². The quantitative estimate of drug-likeness (QED) is 0.742. The Morgan fingerprint density at radius 3 is 2.92 bits per heavy atom. The van der Waals surface area contributed by atoms with Crippen LogP contribution in [0, 0.1) is 12.8 Å². The van der Waals surface area contributed by atoms with Crippen molar-refractivity contribution >= 4 is 5.91 Å². The highest BCUT2D eigenvalue weighted by Gasteiger charge is 2.34. The molecule has 0 bridgehead atoms. The van der Waals surface area contributed by atoms with Crippen LogP contribution in [0.1, 0.15) is 29.6 Å². The van der Waals surface area contributed by atoms with Crippen LogP contribution < -0.4 is 5.32 Å². The number of hydrogen-bond acceptors (Lipinski definition) is 3. The van der Waals surface area contributed by atoms with Crippen LogP contribution in [0.4, 0.5) is 0 Å². The number of amides is 1. The number of hydrogen-bond donors (Lipinski definition) is 1. The average Bonchev–Trinajstić information content (AvgIpc) is 2.62. The smallest absolute Gasteiger partial charge is 0.289 e. The molecule has 1 N–H and O–H groups in total. The molecule has 0 aromatic carbocycles. The molecule has 0 radical (unpaired) electrons. The second-order valence-corrected chi connectivity index (χ2v) is 3.56. The number of carbonyl (C=O) groups is 1. The average molecular weight is 180 g/mol. The fourth-order valence-electron chi connectivity index (χ4n) is 1.28. The van der Waals surface area contributed by atoms with Crippen molar-refractivity contribution in [2.75, 3.05) is 0 Å². The predicted octanol–water partition coefficient (Wildman–Crippen LogP) is 1.12. The topological polar surface area (TPSA) is 55.1 Å². The molecule has 1 heterocycles. The van der Waals surface area contributed by atoms with E-state index in [4.69, 9.17) is 4.42 Å². The van der Waals surface area contributed by atoms with Gasteiger partial charge in [0.25, 0.3) is 5.91 Å². The Morgan fingerprint density at radius 1 is 1.77 bits per heavy atom. The van der Waals surface area contributed by atoms with Gasteiger partial charge in [0.05, 0.1) is 5.69 Å². The molecule has 70 valence electrons. The molecule has 0 unspecified atom stereocenters. The zero-order valence-corrected chi connectivity index (χ0v) is 7.70. The van der Waals surface area contributed by atoms with Crippen LogP contribution >= 0.6 is 0 Å². The molecular weight excluding hydrogens is 168 g/mol. The lowest BCUT2D eigenvalue weighted by Gasteiger charge is -1.99. The van der Waals surface area contributed by atoms with Crippen molar-refractivity contribution in [1.29, 1.82) is 0 Å². The molecule has 2 atom stereocenters. The summed E-state index contributed by atoms with van der Waals surface area (Å²) in [4.78, 5) is 15.3. The van der Waals surface area contributed by atoms with E-state index in [0.29, 0.717) is 23.4 Å². The lowest BCUT2D eigenvalue weighted by molar-refractivity contribution is 0.0920. The van der Waals surface area contributed by atoms with Crippen molar-refractivity contribution in [2.45, 2.75) is 26.3 Å². The first-order valence-corrected chi connectivity index (χ1v) is 4.39. The van der Waals surface area contributed by atoms with Gasteiger partial charge in [-0.15, -0.1) is 0 Å². The summed E-state index contributed by atoms with van der Waals surface area (Å²) in [5.74, 6) is 0.788. The van der Waals surface area contributed by atoms with Crippen LogP contribution in [0.15, 0.2) is 10.8 Å². The third-order valence-electron chi connectivity index (χ3n) is 2.38. The third-order valence-corrected chi connectivity index (χ3v) is 2.38. The zero-order valence-electron chi connectivity index (χ0n) is 7.70. The molecule has 1 aliphatic carbocycles. The van der Waals surface area contributed by atoms with Gasteiger partial charge in [0.1, 0.15) is 0 Å². The lowest BCUT2D eigenvalue weighted by Crippen LogP contribution is -2.26. The predicted molar refractivity (Wildman–Crippen MR) is 46.3 cm³/mol. The van der Waals surface area contributed by atoms with Gasteiger partial charge in [-0.25, -0.2) is 4.98 Å². The second kappa shape index (κ2) is 2.87. The summed E-state index contributed by atoms with van der Waals surface area (Å²) in [7, 11) is 0. The molecule has 13 heavy (non-hydrogen) atoms. The highest BCUT2D eigenvalue weighted by atomic mass is 16.3. The second-order valence-electron chi connectivity index (χ2n) is 3.56. The Bertz CT molecular complexity index is 332. The van der Waals surface area contributed by atoms with E-state index >= 15 is 0 Å². The van der Waals surface area contributed by atoms with E-state index in [-0.39, 0.29) is 5.91 Å². The van der Waals surface area contributed by atoms with Gasteiger partial charge in [-0.3, -0.25) is 4.79 Å². The van der Waals surface area contributed by atoms with E-state index in [1.807, 2.05) is 0 Å². The number of oxazole rings is 1. The summed E-state index contributed by atoms with van der Waals surface area (Å²) in [6.07, 6.45) is 2.36. The van der Waals surface area contributed by atoms with Gasteiger partial charge in [0.15, 0.2) is 6.39 Å². The van der Waals surface area contributed by atoms with Gasteiger partial charge in [-0.1, -0.05) is 6.92 Å². The summed E-state index contributed by atoms with van der Waals surface area (Å²) in [6, 6.07) is 0.331. The minimum Gasteiger partial charge on any atom is -0.438 e. The van der Waals surface area contributed by atoms with E-state index < -0.39 is 0 Å². The van der Waals surface area contributed by atoms with Gasteiger partial charge < -0.3 is 9.73 Å². The Labute approximate surface area is 76.3 Å². The number of carbonyl (C=O) groups excluding carboxylic acids is 1. The lowest BCUT2D eigenvalue weighted by atomic mass is 10.3. The summed E-state index contributed by atoms with van der Waals surface area (Å²) in [6.45, 7) is 3.87. The summed E-state index contributed by atoms with van der Waals surface area (Å²) in [5.41, 5.74) is 0.644. The van der Waals surface area contributed by atoms with Crippen molar-refractivity contribution in [3.05, 3.63) is 17.8 Å². The first-order valence-electron chi connectivity index (χ1n) is 4.39. The number of nitrogens with zero attached hydrogens (tertiary/aromatic N) is 1. The van der Waals surface area contributed by atoms with Gasteiger partial charge in [-0.2, -0.15) is 0 Å². The molecule has 1 saturated carbocycles. The van der Waals surface area contributed by atoms with E-state index in [1.165, 1.54) is 6.39 Å². The molecule has 1 aliphatic rings. The minimum absolute atomic E-state index is 0.149. The normalized spacial score (nSPS) is 25.7. The standard InChI is InChI=1S/C9H12N2O2/c1-5-3-7(5)11-9(12)8-6(2)10-4-13-8/h4-5,7H,3H2,1-2H3,(H,11,12)/t5-,7-/m1/s1. The van der Waals surface area contributed by atoms with Gasteiger partial charge >= 0.3 is 0 Å². The van der Waals surface area contributed by atoms with Crippen LogP contribution in [-0.2, 0) is 0 Å². The van der Waals surface area contributed by atoms with Gasteiger partial charge in [0, 0.05) is 6.04 Å². The Balaban J connectivity index is 2.01. The third kappa shape index (κ3) is 1.56. The molecule has 1 amide bonds. The minimum atomic E-state index is -0.149. The van der Waals surface area contributed by atoms with Crippen molar-refractivity contribution in [1.82, 2.24) is 10.3 Å². The zero-order chi connectivity index (χ0) is 9.42. The summed E-state index contributed by atoms with van der Waals surface area (Å²) < 4.78 is 4.97. The van der Waals surface area contributed by atoms with E-state index in [2.05, 4.69) is 17.2 Å². The van der Waals surface area contributed by atoms with Gasteiger partial charge in [0.2, 0.25) is 5.76 Å². The molecule has 0 spiro atoms. The molecule has 1 aromatic rings. The van der Waals surface area contributed by atoms with Crippen molar-refractivity contribution in [3.8, 4) is 0 Å². The first-order chi connectivity index (χ1) is 6.18. The maximum Gasteiger partial charge on any atom is 0.289 e. The SMILES string of the molecule is Cc1ncoc1C(=O)N[C@@H]1C[C@H]1C.